The summed E-state index contributed by atoms with van der Waals surface area (Å²) < 4.78 is 10.7. The zero-order valence-corrected chi connectivity index (χ0v) is 12.8. The highest BCUT2D eigenvalue weighted by Crippen LogP contribution is 2.36. The van der Waals surface area contributed by atoms with E-state index in [1.54, 1.807) is 12.1 Å². The van der Waals surface area contributed by atoms with E-state index in [9.17, 15) is 4.79 Å². The van der Waals surface area contributed by atoms with Crippen LogP contribution in [0.5, 0.6) is 11.5 Å². The first kappa shape index (κ1) is 16.6. The van der Waals surface area contributed by atoms with E-state index in [0.717, 1.165) is 12.0 Å². The van der Waals surface area contributed by atoms with Gasteiger partial charge < -0.3 is 20.5 Å². The lowest BCUT2D eigenvalue weighted by molar-refractivity contribution is -0.123. The number of carbonyl (C=O) groups is 1. The number of nitrogens with one attached hydrogen (secondary N) is 1. The number of rotatable bonds is 7. The Labute approximate surface area is 124 Å². The van der Waals surface area contributed by atoms with Crippen LogP contribution >= 0.6 is 11.6 Å². The van der Waals surface area contributed by atoms with Crippen molar-refractivity contribution in [2.45, 2.75) is 32.9 Å². The summed E-state index contributed by atoms with van der Waals surface area (Å²) in [5.41, 5.74) is 6.40. The predicted molar refractivity (Wildman–Crippen MR) is 79.3 cm³/mol. The number of amides is 1. The Morgan fingerprint density at radius 1 is 1.50 bits per heavy atom. The van der Waals surface area contributed by atoms with Gasteiger partial charge in [0.25, 0.3) is 5.91 Å². The minimum absolute atomic E-state index is 0.109. The van der Waals surface area contributed by atoms with Crippen LogP contribution in [0.15, 0.2) is 12.1 Å². The second kappa shape index (κ2) is 7.97. The summed E-state index contributed by atoms with van der Waals surface area (Å²) >= 11 is 6.12. The molecule has 0 radical (unpaired) electrons. The van der Waals surface area contributed by atoms with E-state index in [0.29, 0.717) is 23.1 Å². The van der Waals surface area contributed by atoms with E-state index in [1.807, 2.05) is 13.8 Å². The zero-order valence-electron chi connectivity index (χ0n) is 12.0. The van der Waals surface area contributed by atoms with E-state index in [2.05, 4.69) is 5.32 Å². The predicted octanol–water partition coefficient (Wildman–Crippen LogP) is 2.10. The van der Waals surface area contributed by atoms with Crippen molar-refractivity contribution >= 4 is 17.5 Å². The van der Waals surface area contributed by atoms with Crippen LogP contribution in [0, 0.1) is 0 Å². The molecule has 1 amide bonds. The zero-order chi connectivity index (χ0) is 15.1. The monoisotopic (exact) mass is 300 g/mol. The maximum atomic E-state index is 11.7. The van der Waals surface area contributed by atoms with Gasteiger partial charge in [0.05, 0.1) is 12.1 Å². The maximum absolute atomic E-state index is 11.7. The SMILES string of the molecule is CCC(C)NC(=O)COc1c(Cl)cc(CN)cc1OC. The number of halogens is 1. The second-order valence-electron chi connectivity index (χ2n) is 4.48. The van der Waals surface area contributed by atoms with Crippen molar-refractivity contribution < 1.29 is 14.3 Å². The molecule has 0 aliphatic rings. The highest BCUT2D eigenvalue weighted by molar-refractivity contribution is 6.32. The lowest BCUT2D eigenvalue weighted by Crippen LogP contribution is -2.35. The van der Waals surface area contributed by atoms with Gasteiger partial charge in [0.2, 0.25) is 0 Å². The van der Waals surface area contributed by atoms with Gasteiger partial charge in [-0.05, 0) is 31.0 Å². The van der Waals surface area contributed by atoms with Crippen LogP contribution in [-0.4, -0.2) is 25.7 Å². The number of carbonyl (C=O) groups excluding carboxylic acids is 1. The van der Waals surface area contributed by atoms with Crippen LogP contribution in [-0.2, 0) is 11.3 Å². The van der Waals surface area contributed by atoms with Crippen molar-refractivity contribution in [3.05, 3.63) is 22.7 Å². The highest BCUT2D eigenvalue weighted by atomic mass is 35.5. The quantitative estimate of drug-likeness (QED) is 0.809. The van der Waals surface area contributed by atoms with E-state index in [1.165, 1.54) is 7.11 Å². The molecule has 1 aromatic carbocycles. The summed E-state index contributed by atoms with van der Waals surface area (Å²) in [6.07, 6.45) is 0.862. The van der Waals surface area contributed by atoms with Crippen molar-refractivity contribution in [3.63, 3.8) is 0 Å². The number of methoxy groups -OCH3 is 1. The molecule has 0 bridgehead atoms. The average molecular weight is 301 g/mol. The number of hydrogen-bond acceptors (Lipinski definition) is 4. The minimum atomic E-state index is -0.194. The molecular formula is C14H21ClN2O3. The fourth-order valence-electron chi connectivity index (χ4n) is 1.59. The molecular weight excluding hydrogens is 280 g/mol. The van der Waals surface area contributed by atoms with Gasteiger partial charge in [-0.25, -0.2) is 0 Å². The van der Waals surface area contributed by atoms with E-state index >= 15 is 0 Å². The van der Waals surface area contributed by atoms with Gasteiger partial charge in [-0.2, -0.15) is 0 Å². The molecule has 0 heterocycles. The number of benzene rings is 1. The molecule has 0 spiro atoms. The molecule has 0 saturated carbocycles. The normalized spacial score (nSPS) is 11.8. The Morgan fingerprint density at radius 2 is 2.20 bits per heavy atom. The third kappa shape index (κ3) is 4.58. The Kier molecular flexibility index (Phi) is 6.61. The fourth-order valence-corrected chi connectivity index (χ4v) is 1.88. The minimum Gasteiger partial charge on any atom is -0.493 e. The molecule has 112 valence electrons. The average Bonchev–Trinajstić information content (AvgIpc) is 2.44. The molecule has 1 rings (SSSR count). The maximum Gasteiger partial charge on any atom is 0.258 e. The molecule has 3 N–H and O–H groups in total. The first-order valence-electron chi connectivity index (χ1n) is 6.50. The molecule has 0 fully saturated rings. The largest absolute Gasteiger partial charge is 0.493 e. The highest BCUT2D eigenvalue weighted by Gasteiger charge is 2.14. The Bertz CT molecular complexity index is 466. The van der Waals surface area contributed by atoms with E-state index in [-0.39, 0.29) is 18.6 Å². The Hall–Kier alpha value is -1.46. The molecule has 1 unspecified atom stereocenters. The Morgan fingerprint density at radius 3 is 2.75 bits per heavy atom. The number of nitrogens with two attached hydrogens (primary N) is 1. The molecule has 0 aliphatic carbocycles. The van der Waals surface area contributed by atoms with Gasteiger partial charge in [0.15, 0.2) is 18.1 Å². The van der Waals surface area contributed by atoms with Crippen LogP contribution in [0.25, 0.3) is 0 Å². The molecule has 0 saturated heterocycles. The summed E-state index contributed by atoms with van der Waals surface area (Å²) in [5, 5.41) is 3.19. The summed E-state index contributed by atoms with van der Waals surface area (Å²) in [6.45, 7) is 4.17. The lowest BCUT2D eigenvalue weighted by Gasteiger charge is -2.15. The van der Waals surface area contributed by atoms with Crippen LogP contribution in [0.2, 0.25) is 5.02 Å². The van der Waals surface area contributed by atoms with Gasteiger partial charge in [-0.15, -0.1) is 0 Å². The van der Waals surface area contributed by atoms with E-state index < -0.39 is 0 Å². The van der Waals surface area contributed by atoms with Gasteiger partial charge in [-0.1, -0.05) is 18.5 Å². The van der Waals surface area contributed by atoms with Crippen molar-refractivity contribution in [1.82, 2.24) is 5.32 Å². The van der Waals surface area contributed by atoms with Crippen molar-refractivity contribution in [3.8, 4) is 11.5 Å². The first-order valence-corrected chi connectivity index (χ1v) is 6.88. The third-order valence-corrected chi connectivity index (χ3v) is 3.17. The van der Waals surface area contributed by atoms with Gasteiger partial charge >= 0.3 is 0 Å². The molecule has 6 heteroatoms. The Balaban J connectivity index is 2.74. The first-order chi connectivity index (χ1) is 9.51. The summed E-state index contributed by atoms with van der Waals surface area (Å²) in [4.78, 5) is 11.7. The number of ether oxygens (including phenoxy) is 2. The lowest BCUT2D eigenvalue weighted by atomic mass is 10.2. The summed E-state index contributed by atoms with van der Waals surface area (Å²) in [6, 6.07) is 3.56. The molecule has 5 nitrogen and oxygen atoms in total. The summed E-state index contributed by atoms with van der Waals surface area (Å²) in [7, 11) is 1.51. The molecule has 1 atom stereocenters. The molecule has 0 aliphatic heterocycles. The topological polar surface area (TPSA) is 73.6 Å². The van der Waals surface area contributed by atoms with Crippen LogP contribution < -0.4 is 20.5 Å². The van der Waals surface area contributed by atoms with Crippen molar-refractivity contribution in [2.75, 3.05) is 13.7 Å². The van der Waals surface area contributed by atoms with Crippen LogP contribution in [0.4, 0.5) is 0 Å². The van der Waals surface area contributed by atoms with Gasteiger partial charge in [0, 0.05) is 12.6 Å². The van der Waals surface area contributed by atoms with Crippen molar-refractivity contribution in [1.29, 1.82) is 0 Å². The fraction of sp³-hybridized carbons (Fsp3) is 0.500. The van der Waals surface area contributed by atoms with Crippen LogP contribution in [0.1, 0.15) is 25.8 Å². The van der Waals surface area contributed by atoms with Gasteiger partial charge in [-0.3, -0.25) is 4.79 Å². The second-order valence-corrected chi connectivity index (χ2v) is 4.89. The number of hydrogen-bond donors (Lipinski definition) is 2. The van der Waals surface area contributed by atoms with Gasteiger partial charge in [0.1, 0.15) is 0 Å². The standard InChI is InChI=1S/C14H21ClN2O3/c1-4-9(2)17-13(18)8-20-14-11(15)5-10(7-16)6-12(14)19-3/h5-6,9H,4,7-8,16H2,1-3H3,(H,17,18). The third-order valence-electron chi connectivity index (χ3n) is 2.89. The van der Waals surface area contributed by atoms with Crippen molar-refractivity contribution in [2.24, 2.45) is 5.73 Å². The van der Waals surface area contributed by atoms with Crippen LogP contribution in [0.3, 0.4) is 0 Å². The molecule has 1 aromatic rings. The van der Waals surface area contributed by atoms with E-state index in [4.69, 9.17) is 26.8 Å². The molecule has 0 aromatic heterocycles. The smallest absolute Gasteiger partial charge is 0.258 e. The molecule has 20 heavy (non-hydrogen) atoms. The summed E-state index contributed by atoms with van der Waals surface area (Å²) in [5.74, 6) is 0.625.